The average molecular weight is 279 g/mol. The van der Waals surface area contributed by atoms with Crippen molar-refractivity contribution in [2.75, 3.05) is 27.3 Å². The summed E-state index contributed by atoms with van der Waals surface area (Å²) in [6, 6.07) is 6.49. The van der Waals surface area contributed by atoms with E-state index in [2.05, 4.69) is 17.0 Å². The van der Waals surface area contributed by atoms with Gasteiger partial charge in [0.15, 0.2) is 11.5 Å². The second-order valence-electron chi connectivity index (χ2n) is 5.33. The highest BCUT2D eigenvalue weighted by atomic mass is 16.5. The van der Waals surface area contributed by atoms with E-state index in [1.165, 1.54) is 12.0 Å². The highest BCUT2D eigenvalue weighted by molar-refractivity contribution is 5.44. The number of benzene rings is 1. The fourth-order valence-electron chi connectivity index (χ4n) is 2.88. The number of nitrogens with zero attached hydrogens (tertiary/aromatic N) is 1. The van der Waals surface area contributed by atoms with Crippen LogP contribution in [0.2, 0.25) is 0 Å². The third kappa shape index (κ3) is 3.25. The van der Waals surface area contributed by atoms with Crippen LogP contribution in [0.1, 0.15) is 37.8 Å². The van der Waals surface area contributed by atoms with Gasteiger partial charge in [-0.15, -0.1) is 0 Å². The normalized spacial score (nSPS) is 20.9. The molecule has 1 fully saturated rings. The lowest BCUT2D eigenvalue weighted by atomic mass is 10.0. The summed E-state index contributed by atoms with van der Waals surface area (Å²) >= 11 is 0. The van der Waals surface area contributed by atoms with Crippen molar-refractivity contribution in [1.29, 1.82) is 0 Å². The Bertz CT molecular complexity index is 436. The molecule has 1 N–H and O–H groups in total. The van der Waals surface area contributed by atoms with Crippen molar-refractivity contribution < 1.29 is 14.6 Å². The highest BCUT2D eigenvalue weighted by Crippen LogP contribution is 2.36. The summed E-state index contributed by atoms with van der Waals surface area (Å²) in [5.74, 6) is 1.53. The van der Waals surface area contributed by atoms with Gasteiger partial charge in [0.2, 0.25) is 0 Å². The monoisotopic (exact) mass is 279 g/mol. The standard InChI is InChI=1S/C16H25NO3/c1-4-13(18)11-17-9-5-6-14(17)12-7-8-15(19-2)16(10-12)20-3/h7-8,10,13-14,18H,4-6,9,11H2,1-3H3. The van der Waals surface area contributed by atoms with E-state index in [0.717, 1.165) is 37.4 Å². The topological polar surface area (TPSA) is 41.9 Å². The van der Waals surface area contributed by atoms with E-state index in [-0.39, 0.29) is 6.10 Å². The minimum atomic E-state index is -0.240. The number of ether oxygens (including phenoxy) is 2. The molecule has 0 aromatic heterocycles. The molecule has 1 aromatic carbocycles. The summed E-state index contributed by atoms with van der Waals surface area (Å²) < 4.78 is 10.7. The van der Waals surface area contributed by atoms with Crippen LogP contribution in [0.4, 0.5) is 0 Å². The molecule has 112 valence electrons. The van der Waals surface area contributed by atoms with Crippen LogP contribution < -0.4 is 9.47 Å². The molecule has 0 radical (unpaired) electrons. The maximum atomic E-state index is 9.88. The van der Waals surface area contributed by atoms with Crippen molar-refractivity contribution in [2.45, 2.75) is 38.3 Å². The second-order valence-corrected chi connectivity index (χ2v) is 5.33. The van der Waals surface area contributed by atoms with Crippen LogP contribution in [0.3, 0.4) is 0 Å². The van der Waals surface area contributed by atoms with Crippen LogP contribution in [0, 0.1) is 0 Å². The minimum absolute atomic E-state index is 0.240. The fraction of sp³-hybridized carbons (Fsp3) is 0.625. The number of β-amino-alcohol motifs (C(OH)–C–C–N with tert-alkyl or cyclic N) is 1. The van der Waals surface area contributed by atoms with E-state index in [1.54, 1.807) is 14.2 Å². The Morgan fingerprint density at radius 1 is 1.30 bits per heavy atom. The molecule has 0 aliphatic carbocycles. The zero-order chi connectivity index (χ0) is 14.5. The Hall–Kier alpha value is -1.26. The van der Waals surface area contributed by atoms with Gasteiger partial charge < -0.3 is 14.6 Å². The molecule has 2 atom stereocenters. The molecular weight excluding hydrogens is 254 g/mol. The Labute approximate surface area is 121 Å². The molecule has 1 aromatic rings. The number of hydrogen-bond donors (Lipinski definition) is 1. The molecule has 4 nitrogen and oxygen atoms in total. The number of aliphatic hydroxyl groups excluding tert-OH is 1. The number of likely N-dealkylation sites (tertiary alicyclic amines) is 1. The van der Waals surface area contributed by atoms with Crippen molar-refractivity contribution in [3.8, 4) is 11.5 Å². The van der Waals surface area contributed by atoms with Gasteiger partial charge >= 0.3 is 0 Å². The van der Waals surface area contributed by atoms with Gasteiger partial charge in [0, 0.05) is 12.6 Å². The number of methoxy groups -OCH3 is 2. The van der Waals surface area contributed by atoms with Crippen LogP contribution in [-0.4, -0.2) is 43.4 Å². The van der Waals surface area contributed by atoms with E-state index in [9.17, 15) is 5.11 Å². The van der Waals surface area contributed by atoms with Gasteiger partial charge in [0.25, 0.3) is 0 Å². The van der Waals surface area contributed by atoms with Crippen molar-refractivity contribution in [3.05, 3.63) is 23.8 Å². The molecule has 1 aliphatic rings. The quantitative estimate of drug-likeness (QED) is 0.869. The smallest absolute Gasteiger partial charge is 0.161 e. The molecule has 4 heteroatoms. The summed E-state index contributed by atoms with van der Waals surface area (Å²) in [4.78, 5) is 2.37. The first-order valence-electron chi connectivity index (χ1n) is 7.33. The summed E-state index contributed by atoms with van der Waals surface area (Å²) in [5.41, 5.74) is 1.24. The number of aliphatic hydroxyl groups is 1. The molecule has 0 bridgehead atoms. The van der Waals surface area contributed by atoms with E-state index >= 15 is 0 Å². The van der Waals surface area contributed by atoms with Gasteiger partial charge in [0.05, 0.1) is 20.3 Å². The second kappa shape index (κ2) is 6.95. The van der Waals surface area contributed by atoms with E-state index in [4.69, 9.17) is 9.47 Å². The molecular formula is C16H25NO3. The summed E-state index contributed by atoms with van der Waals surface area (Å²) in [7, 11) is 3.31. The first-order valence-corrected chi connectivity index (χ1v) is 7.33. The Balaban J connectivity index is 2.17. The largest absolute Gasteiger partial charge is 0.493 e. The molecule has 20 heavy (non-hydrogen) atoms. The van der Waals surface area contributed by atoms with Crippen LogP contribution in [0.5, 0.6) is 11.5 Å². The zero-order valence-electron chi connectivity index (χ0n) is 12.6. The minimum Gasteiger partial charge on any atom is -0.493 e. The highest BCUT2D eigenvalue weighted by Gasteiger charge is 2.27. The Morgan fingerprint density at radius 2 is 2.05 bits per heavy atom. The number of rotatable bonds is 6. The molecule has 1 aliphatic heterocycles. The van der Waals surface area contributed by atoms with Gasteiger partial charge in [-0.2, -0.15) is 0 Å². The maximum Gasteiger partial charge on any atom is 0.161 e. The maximum absolute atomic E-state index is 9.88. The van der Waals surface area contributed by atoms with E-state index in [0.29, 0.717) is 6.04 Å². The predicted octanol–water partition coefficient (Wildman–Crippen LogP) is 2.61. The molecule has 0 saturated carbocycles. The Kier molecular flexibility index (Phi) is 5.26. The van der Waals surface area contributed by atoms with Gasteiger partial charge in [-0.05, 0) is 43.5 Å². The van der Waals surface area contributed by atoms with E-state index < -0.39 is 0 Å². The van der Waals surface area contributed by atoms with Crippen molar-refractivity contribution in [2.24, 2.45) is 0 Å². The van der Waals surface area contributed by atoms with Crippen LogP contribution in [0.15, 0.2) is 18.2 Å². The Morgan fingerprint density at radius 3 is 2.70 bits per heavy atom. The van der Waals surface area contributed by atoms with Gasteiger partial charge in [-0.3, -0.25) is 4.90 Å². The summed E-state index contributed by atoms with van der Waals surface area (Å²) in [5, 5.41) is 9.88. The van der Waals surface area contributed by atoms with Crippen molar-refractivity contribution in [1.82, 2.24) is 4.90 Å². The first kappa shape index (κ1) is 15.1. The van der Waals surface area contributed by atoms with Gasteiger partial charge in [0.1, 0.15) is 0 Å². The zero-order valence-corrected chi connectivity index (χ0v) is 12.6. The average Bonchev–Trinajstić information content (AvgIpc) is 2.94. The third-order valence-corrected chi connectivity index (χ3v) is 4.07. The van der Waals surface area contributed by atoms with Crippen molar-refractivity contribution >= 4 is 0 Å². The lowest BCUT2D eigenvalue weighted by Crippen LogP contribution is -2.31. The summed E-state index contributed by atoms with van der Waals surface area (Å²) in [6.07, 6.45) is 2.87. The molecule has 1 heterocycles. The lowest BCUT2D eigenvalue weighted by Gasteiger charge is -2.27. The van der Waals surface area contributed by atoms with Gasteiger partial charge in [-0.25, -0.2) is 0 Å². The molecule has 2 rings (SSSR count). The van der Waals surface area contributed by atoms with Crippen LogP contribution in [0.25, 0.3) is 0 Å². The van der Waals surface area contributed by atoms with Crippen LogP contribution >= 0.6 is 0 Å². The van der Waals surface area contributed by atoms with Gasteiger partial charge in [-0.1, -0.05) is 13.0 Å². The number of hydrogen-bond acceptors (Lipinski definition) is 4. The molecule has 0 amide bonds. The van der Waals surface area contributed by atoms with E-state index in [1.807, 2.05) is 13.0 Å². The molecule has 0 spiro atoms. The predicted molar refractivity (Wildman–Crippen MR) is 79.4 cm³/mol. The SMILES string of the molecule is CCC(O)CN1CCCC1c1ccc(OC)c(OC)c1. The molecule has 1 saturated heterocycles. The van der Waals surface area contributed by atoms with Crippen molar-refractivity contribution in [3.63, 3.8) is 0 Å². The summed E-state index contributed by atoms with van der Waals surface area (Å²) in [6.45, 7) is 3.82. The molecule has 2 unspecified atom stereocenters. The lowest BCUT2D eigenvalue weighted by molar-refractivity contribution is 0.103. The third-order valence-electron chi connectivity index (χ3n) is 4.07. The van der Waals surface area contributed by atoms with Crippen LogP contribution in [-0.2, 0) is 0 Å². The first-order chi connectivity index (χ1) is 9.69. The fourth-order valence-corrected chi connectivity index (χ4v) is 2.88.